The molecule has 1 aliphatic rings. The minimum atomic E-state index is 0.342. The van der Waals surface area contributed by atoms with Gasteiger partial charge in [0.05, 0.1) is 17.6 Å². The molecule has 0 spiro atoms. The summed E-state index contributed by atoms with van der Waals surface area (Å²) in [6.07, 6.45) is 4.39. The van der Waals surface area contributed by atoms with Crippen LogP contribution in [0.4, 0.5) is 5.69 Å². The SMILES string of the molecule is CC1(CNc2ccc(C(N)=S)nc2)CCCS1. The van der Waals surface area contributed by atoms with Gasteiger partial charge in [0.25, 0.3) is 0 Å². The number of hydrogen-bond donors (Lipinski definition) is 2. The number of rotatable bonds is 4. The number of pyridine rings is 1. The van der Waals surface area contributed by atoms with E-state index in [0.717, 1.165) is 12.2 Å². The van der Waals surface area contributed by atoms with Crippen molar-refractivity contribution in [2.75, 3.05) is 17.6 Å². The summed E-state index contributed by atoms with van der Waals surface area (Å²) in [6.45, 7) is 3.29. The molecule has 2 heterocycles. The molecule has 0 bridgehead atoms. The maximum Gasteiger partial charge on any atom is 0.122 e. The molecule has 3 nitrogen and oxygen atoms in total. The zero-order valence-electron chi connectivity index (χ0n) is 9.90. The van der Waals surface area contributed by atoms with Crippen molar-refractivity contribution in [1.82, 2.24) is 4.98 Å². The Bertz CT molecular complexity index is 397. The molecule has 0 amide bonds. The van der Waals surface area contributed by atoms with Gasteiger partial charge in [-0.1, -0.05) is 12.2 Å². The third-order valence-electron chi connectivity index (χ3n) is 2.98. The molecule has 17 heavy (non-hydrogen) atoms. The molecule has 1 aliphatic heterocycles. The standard InChI is InChI=1S/C12H17N3S2/c1-12(5-2-6-17-12)8-15-9-3-4-10(11(13)16)14-7-9/h3-4,7,15H,2,5-6,8H2,1H3,(H2,13,16). The predicted molar refractivity (Wildman–Crippen MR) is 78.7 cm³/mol. The quantitative estimate of drug-likeness (QED) is 0.821. The van der Waals surface area contributed by atoms with E-state index in [1.807, 2.05) is 23.9 Å². The number of aromatic nitrogens is 1. The van der Waals surface area contributed by atoms with Gasteiger partial charge in [-0.2, -0.15) is 11.8 Å². The van der Waals surface area contributed by atoms with Crippen LogP contribution in [0, 0.1) is 0 Å². The van der Waals surface area contributed by atoms with E-state index in [2.05, 4.69) is 17.2 Å². The minimum absolute atomic E-state index is 0.342. The van der Waals surface area contributed by atoms with E-state index >= 15 is 0 Å². The van der Waals surface area contributed by atoms with Crippen molar-refractivity contribution in [2.45, 2.75) is 24.5 Å². The van der Waals surface area contributed by atoms with Gasteiger partial charge in [-0.3, -0.25) is 4.98 Å². The van der Waals surface area contributed by atoms with Crippen molar-refractivity contribution in [3.63, 3.8) is 0 Å². The Kier molecular flexibility index (Phi) is 3.89. The van der Waals surface area contributed by atoms with Crippen LogP contribution in [0.3, 0.4) is 0 Å². The van der Waals surface area contributed by atoms with E-state index in [1.54, 1.807) is 6.20 Å². The fraction of sp³-hybridized carbons (Fsp3) is 0.500. The highest BCUT2D eigenvalue weighted by molar-refractivity contribution is 8.00. The summed E-state index contributed by atoms with van der Waals surface area (Å²) in [5.74, 6) is 1.27. The summed E-state index contributed by atoms with van der Waals surface area (Å²) < 4.78 is 0.363. The Morgan fingerprint density at radius 3 is 3.00 bits per heavy atom. The van der Waals surface area contributed by atoms with Crippen LogP contribution in [-0.2, 0) is 0 Å². The van der Waals surface area contributed by atoms with Gasteiger partial charge >= 0.3 is 0 Å². The molecule has 0 saturated carbocycles. The van der Waals surface area contributed by atoms with Crippen molar-refractivity contribution >= 4 is 34.7 Å². The fourth-order valence-corrected chi connectivity index (χ4v) is 3.27. The van der Waals surface area contributed by atoms with E-state index in [4.69, 9.17) is 18.0 Å². The summed E-state index contributed by atoms with van der Waals surface area (Å²) in [7, 11) is 0. The van der Waals surface area contributed by atoms with Gasteiger partial charge in [0.1, 0.15) is 4.99 Å². The Morgan fingerprint density at radius 2 is 2.47 bits per heavy atom. The van der Waals surface area contributed by atoms with E-state index in [9.17, 15) is 0 Å². The van der Waals surface area contributed by atoms with Gasteiger partial charge in [-0.05, 0) is 37.7 Å². The first-order chi connectivity index (χ1) is 8.09. The lowest BCUT2D eigenvalue weighted by Gasteiger charge is -2.23. The van der Waals surface area contributed by atoms with Crippen LogP contribution in [-0.4, -0.2) is 27.0 Å². The molecule has 5 heteroatoms. The molecule has 1 aromatic heterocycles. The summed E-state index contributed by atoms with van der Waals surface area (Å²) in [5.41, 5.74) is 7.20. The van der Waals surface area contributed by atoms with E-state index in [-0.39, 0.29) is 0 Å². The maximum absolute atomic E-state index is 5.50. The van der Waals surface area contributed by atoms with Crippen molar-refractivity contribution < 1.29 is 0 Å². The van der Waals surface area contributed by atoms with Crippen LogP contribution in [0.25, 0.3) is 0 Å². The highest BCUT2D eigenvalue weighted by atomic mass is 32.2. The zero-order chi connectivity index (χ0) is 12.3. The molecule has 1 unspecified atom stereocenters. The van der Waals surface area contributed by atoms with Crippen LogP contribution in [0.5, 0.6) is 0 Å². The summed E-state index contributed by atoms with van der Waals surface area (Å²) in [6, 6.07) is 3.83. The number of thioether (sulfide) groups is 1. The normalized spacial score (nSPS) is 23.6. The average Bonchev–Trinajstić information content (AvgIpc) is 2.75. The Morgan fingerprint density at radius 1 is 1.65 bits per heavy atom. The lowest BCUT2D eigenvalue weighted by molar-refractivity contribution is 0.634. The van der Waals surface area contributed by atoms with Crippen molar-refractivity contribution in [3.8, 4) is 0 Å². The molecule has 1 saturated heterocycles. The van der Waals surface area contributed by atoms with E-state index in [0.29, 0.717) is 15.4 Å². The smallest absolute Gasteiger partial charge is 0.122 e. The number of nitrogens with zero attached hydrogens (tertiary/aromatic N) is 1. The second-order valence-electron chi connectivity index (χ2n) is 4.55. The summed E-state index contributed by atoms with van der Waals surface area (Å²) >= 11 is 6.91. The van der Waals surface area contributed by atoms with Gasteiger partial charge in [0.15, 0.2) is 0 Å². The van der Waals surface area contributed by atoms with Crippen molar-refractivity contribution in [3.05, 3.63) is 24.0 Å². The first-order valence-electron chi connectivity index (χ1n) is 5.73. The third-order valence-corrected chi connectivity index (χ3v) is 4.73. The summed E-state index contributed by atoms with van der Waals surface area (Å²) in [4.78, 5) is 4.55. The van der Waals surface area contributed by atoms with Crippen LogP contribution in [0.15, 0.2) is 18.3 Å². The van der Waals surface area contributed by atoms with Crippen molar-refractivity contribution in [1.29, 1.82) is 0 Å². The Balaban J connectivity index is 1.93. The van der Waals surface area contributed by atoms with E-state index in [1.165, 1.54) is 18.6 Å². The number of nitrogens with one attached hydrogen (secondary N) is 1. The minimum Gasteiger partial charge on any atom is -0.388 e. The van der Waals surface area contributed by atoms with Crippen LogP contribution in [0.2, 0.25) is 0 Å². The molecular formula is C12H17N3S2. The van der Waals surface area contributed by atoms with E-state index < -0.39 is 0 Å². The number of hydrogen-bond acceptors (Lipinski definition) is 4. The maximum atomic E-state index is 5.50. The van der Waals surface area contributed by atoms with Crippen molar-refractivity contribution in [2.24, 2.45) is 5.73 Å². The Hall–Kier alpha value is -0.810. The highest BCUT2D eigenvalue weighted by Gasteiger charge is 2.28. The van der Waals surface area contributed by atoms with Crippen LogP contribution in [0.1, 0.15) is 25.5 Å². The van der Waals surface area contributed by atoms with Gasteiger partial charge in [-0.15, -0.1) is 0 Å². The fourth-order valence-electron chi connectivity index (χ4n) is 1.91. The Labute approximate surface area is 112 Å². The monoisotopic (exact) mass is 267 g/mol. The van der Waals surface area contributed by atoms with Gasteiger partial charge in [0, 0.05) is 11.3 Å². The molecule has 0 radical (unpaired) electrons. The van der Waals surface area contributed by atoms with Gasteiger partial charge in [0.2, 0.25) is 0 Å². The molecular weight excluding hydrogens is 250 g/mol. The van der Waals surface area contributed by atoms with Gasteiger partial charge in [-0.25, -0.2) is 0 Å². The largest absolute Gasteiger partial charge is 0.388 e. The molecule has 1 atom stereocenters. The van der Waals surface area contributed by atoms with Gasteiger partial charge < -0.3 is 11.1 Å². The predicted octanol–water partition coefficient (Wildman–Crippen LogP) is 2.41. The number of nitrogens with two attached hydrogens (primary N) is 1. The molecule has 0 aromatic carbocycles. The van der Waals surface area contributed by atoms with Crippen LogP contribution < -0.4 is 11.1 Å². The molecule has 1 fully saturated rings. The first-order valence-corrected chi connectivity index (χ1v) is 7.12. The highest BCUT2D eigenvalue weighted by Crippen LogP contribution is 2.37. The topological polar surface area (TPSA) is 50.9 Å². The second kappa shape index (κ2) is 5.23. The first kappa shape index (κ1) is 12.6. The lowest BCUT2D eigenvalue weighted by Crippen LogP contribution is -2.27. The summed E-state index contributed by atoms with van der Waals surface area (Å²) in [5, 5.41) is 3.43. The second-order valence-corrected chi connectivity index (χ2v) is 6.67. The molecule has 0 aliphatic carbocycles. The lowest BCUT2D eigenvalue weighted by atomic mass is 10.1. The molecule has 2 rings (SSSR count). The van der Waals surface area contributed by atoms with Crippen LogP contribution >= 0.6 is 24.0 Å². The number of anilines is 1. The third kappa shape index (κ3) is 3.33. The molecule has 3 N–H and O–H groups in total. The molecule has 92 valence electrons. The number of thiocarbonyl (C=S) groups is 1. The zero-order valence-corrected chi connectivity index (χ0v) is 11.5. The molecule has 1 aromatic rings. The average molecular weight is 267 g/mol.